The third kappa shape index (κ3) is 3.43. The number of aliphatic hydroxyl groups excluding tert-OH is 2. The summed E-state index contributed by atoms with van der Waals surface area (Å²) in [6.07, 6.45) is 12.3. The van der Waals surface area contributed by atoms with Gasteiger partial charge in [0.2, 0.25) is 0 Å². The quantitative estimate of drug-likeness (QED) is 0.668. The van der Waals surface area contributed by atoms with Crippen molar-refractivity contribution in [1.82, 2.24) is 0 Å². The van der Waals surface area contributed by atoms with Gasteiger partial charge in [0, 0.05) is 5.41 Å². The fourth-order valence-electron chi connectivity index (χ4n) is 2.00. The van der Waals surface area contributed by atoms with Crippen LogP contribution in [0, 0.1) is 5.41 Å². The van der Waals surface area contributed by atoms with E-state index in [4.69, 9.17) is 0 Å². The average molecular weight is 198 g/mol. The molecule has 0 aromatic carbocycles. The fourth-order valence-corrected chi connectivity index (χ4v) is 2.00. The highest BCUT2D eigenvalue weighted by Crippen LogP contribution is 2.27. The van der Waals surface area contributed by atoms with Crippen molar-refractivity contribution in [3.63, 3.8) is 0 Å². The number of rotatable bonds is 2. The molecule has 0 aliphatic heterocycles. The molecular weight excluding hydrogens is 176 g/mol. The van der Waals surface area contributed by atoms with Crippen LogP contribution in [0.25, 0.3) is 0 Å². The number of hydrogen-bond donors (Lipinski definition) is 2. The number of allylic oxidation sites excluding steroid dienone is 1. The Labute approximate surface area is 86.6 Å². The molecule has 0 spiro atoms. The Morgan fingerprint density at radius 1 is 0.929 bits per heavy atom. The highest BCUT2D eigenvalue weighted by molar-refractivity contribution is 4.99. The van der Waals surface area contributed by atoms with Crippen LogP contribution in [-0.4, -0.2) is 23.4 Å². The maximum Gasteiger partial charge on any atom is 0.0544 e. The standard InChI is InChI=1S/C12H22O2/c13-10-12(11-14)8-6-4-2-1-3-5-7-9-12/h6,8,13-14H,1-5,7,9-11H2. The Hall–Kier alpha value is -0.340. The van der Waals surface area contributed by atoms with Crippen LogP contribution >= 0.6 is 0 Å². The van der Waals surface area contributed by atoms with E-state index >= 15 is 0 Å². The molecule has 0 saturated heterocycles. The van der Waals surface area contributed by atoms with E-state index in [0.29, 0.717) is 0 Å². The van der Waals surface area contributed by atoms with E-state index < -0.39 is 0 Å². The van der Waals surface area contributed by atoms with E-state index in [9.17, 15) is 10.2 Å². The summed E-state index contributed by atoms with van der Waals surface area (Å²) in [4.78, 5) is 0. The van der Waals surface area contributed by atoms with Crippen LogP contribution in [0.4, 0.5) is 0 Å². The number of hydrogen-bond acceptors (Lipinski definition) is 2. The minimum Gasteiger partial charge on any atom is -0.395 e. The van der Waals surface area contributed by atoms with Gasteiger partial charge in [0.25, 0.3) is 0 Å². The molecule has 0 heterocycles. The topological polar surface area (TPSA) is 40.5 Å². The molecule has 2 heteroatoms. The normalized spacial score (nSPS) is 23.3. The molecule has 2 N–H and O–H groups in total. The van der Waals surface area contributed by atoms with Crippen molar-refractivity contribution in [2.45, 2.75) is 44.9 Å². The lowest BCUT2D eigenvalue weighted by atomic mass is 9.82. The van der Waals surface area contributed by atoms with E-state index in [1.807, 2.05) is 6.08 Å². The Balaban J connectivity index is 2.58. The molecule has 0 atom stereocenters. The van der Waals surface area contributed by atoms with Gasteiger partial charge in [0.15, 0.2) is 0 Å². The molecule has 0 bridgehead atoms. The van der Waals surface area contributed by atoms with Crippen molar-refractivity contribution in [3.8, 4) is 0 Å². The smallest absolute Gasteiger partial charge is 0.0544 e. The highest BCUT2D eigenvalue weighted by Gasteiger charge is 2.24. The van der Waals surface area contributed by atoms with Crippen molar-refractivity contribution in [3.05, 3.63) is 12.2 Å². The van der Waals surface area contributed by atoms with Gasteiger partial charge in [0.05, 0.1) is 13.2 Å². The Kier molecular flexibility index (Phi) is 5.20. The van der Waals surface area contributed by atoms with E-state index in [0.717, 1.165) is 19.3 Å². The minimum absolute atomic E-state index is 0.0694. The molecule has 1 aliphatic rings. The van der Waals surface area contributed by atoms with E-state index in [1.165, 1.54) is 25.7 Å². The zero-order valence-electron chi connectivity index (χ0n) is 8.91. The zero-order chi connectivity index (χ0) is 10.3. The van der Waals surface area contributed by atoms with Gasteiger partial charge in [-0.05, 0) is 19.3 Å². The lowest BCUT2D eigenvalue weighted by Crippen LogP contribution is -2.27. The first-order valence-corrected chi connectivity index (χ1v) is 5.72. The lowest BCUT2D eigenvalue weighted by molar-refractivity contribution is 0.0835. The first-order chi connectivity index (χ1) is 6.83. The van der Waals surface area contributed by atoms with E-state index in [1.54, 1.807) is 0 Å². The summed E-state index contributed by atoms with van der Waals surface area (Å²) in [5.41, 5.74) is -0.350. The molecule has 0 amide bonds. The summed E-state index contributed by atoms with van der Waals surface area (Å²) in [6.45, 7) is 0.139. The molecule has 0 radical (unpaired) electrons. The van der Waals surface area contributed by atoms with Gasteiger partial charge in [-0.1, -0.05) is 37.8 Å². The third-order valence-electron chi connectivity index (χ3n) is 3.15. The molecule has 1 rings (SSSR count). The second-order valence-electron chi connectivity index (χ2n) is 4.39. The molecular formula is C12H22O2. The summed E-state index contributed by atoms with van der Waals surface area (Å²) in [7, 11) is 0. The van der Waals surface area contributed by atoms with Gasteiger partial charge in [-0.25, -0.2) is 0 Å². The molecule has 82 valence electrons. The van der Waals surface area contributed by atoms with Crippen molar-refractivity contribution in [2.75, 3.05) is 13.2 Å². The van der Waals surface area contributed by atoms with E-state index in [-0.39, 0.29) is 18.6 Å². The molecule has 0 fully saturated rings. The van der Waals surface area contributed by atoms with Crippen molar-refractivity contribution in [2.24, 2.45) is 5.41 Å². The van der Waals surface area contributed by atoms with Crippen LogP contribution in [0.2, 0.25) is 0 Å². The number of aliphatic hydroxyl groups is 2. The summed E-state index contributed by atoms with van der Waals surface area (Å²) in [5.74, 6) is 0. The second-order valence-corrected chi connectivity index (χ2v) is 4.39. The Bertz CT molecular complexity index is 171. The summed E-state index contributed by atoms with van der Waals surface area (Å²) in [5, 5.41) is 18.6. The van der Waals surface area contributed by atoms with Crippen molar-refractivity contribution < 1.29 is 10.2 Å². The maximum absolute atomic E-state index is 9.31. The maximum atomic E-state index is 9.31. The summed E-state index contributed by atoms with van der Waals surface area (Å²) >= 11 is 0. The average Bonchev–Trinajstić information content (AvgIpc) is 2.26. The first kappa shape index (κ1) is 11.7. The van der Waals surface area contributed by atoms with Gasteiger partial charge in [-0.3, -0.25) is 0 Å². The van der Waals surface area contributed by atoms with Crippen LogP contribution in [0.15, 0.2) is 12.2 Å². The Morgan fingerprint density at radius 2 is 1.57 bits per heavy atom. The van der Waals surface area contributed by atoms with Gasteiger partial charge >= 0.3 is 0 Å². The largest absolute Gasteiger partial charge is 0.395 e. The Morgan fingerprint density at radius 3 is 2.29 bits per heavy atom. The monoisotopic (exact) mass is 198 g/mol. The molecule has 2 nitrogen and oxygen atoms in total. The van der Waals surface area contributed by atoms with Crippen LogP contribution in [-0.2, 0) is 0 Å². The van der Waals surface area contributed by atoms with Crippen LogP contribution in [0.5, 0.6) is 0 Å². The summed E-state index contributed by atoms with van der Waals surface area (Å²) < 4.78 is 0. The molecule has 0 aromatic rings. The highest BCUT2D eigenvalue weighted by atomic mass is 16.3. The predicted octanol–water partition coefficient (Wildman–Crippen LogP) is 2.26. The molecule has 14 heavy (non-hydrogen) atoms. The molecule has 0 saturated carbocycles. The third-order valence-corrected chi connectivity index (χ3v) is 3.15. The first-order valence-electron chi connectivity index (χ1n) is 5.72. The summed E-state index contributed by atoms with van der Waals surface area (Å²) in [6, 6.07) is 0. The SMILES string of the molecule is OCC1(CO)C=CCCCCCCC1. The predicted molar refractivity (Wildman–Crippen MR) is 58.1 cm³/mol. The van der Waals surface area contributed by atoms with Gasteiger partial charge in [-0.2, -0.15) is 0 Å². The molecule has 1 aliphatic carbocycles. The van der Waals surface area contributed by atoms with Crippen LogP contribution in [0.3, 0.4) is 0 Å². The molecule has 0 aromatic heterocycles. The molecule has 0 unspecified atom stereocenters. The van der Waals surface area contributed by atoms with Crippen molar-refractivity contribution in [1.29, 1.82) is 0 Å². The van der Waals surface area contributed by atoms with Gasteiger partial charge < -0.3 is 10.2 Å². The van der Waals surface area contributed by atoms with Gasteiger partial charge in [0.1, 0.15) is 0 Å². The fraction of sp³-hybridized carbons (Fsp3) is 0.833. The second kappa shape index (κ2) is 6.20. The lowest BCUT2D eigenvalue weighted by Gasteiger charge is -2.26. The van der Waals surface area contributed by atoms with Crippen LogP contribution < -0.4 is 0 Å². The van der Waals surface area contributed by atoms with Crippen LogP contribution in [0.1, 0.15) is 44.9 Å². The van der Waals surface area contributed by atoms with Crippen molar-refractivity contribution >= 4 is 0 Å². The van der Waals surface area contributed by atoms with E-state index in [2.05, 4.69) is 6.08 Å². The van der Waals surface area contributed by atoms with Gasteiger partial charge in [-0.15, -0.1) is 0 Å². The minimum atomic E-state index is -0.350. The zero-order valence-corrected chi connectivity index (χ0v) is 8.91.